The number of aryl methyl sites for hydroxylation is 1. The number of hydrogen-bond donors (Lipinski definition) is 1. The standard InChI is InChI=1S/C21H21N5O2/c1-15-4-2-3-5-19(15)25-10-12-26(13-11-25)21-23-9-7-17(24-21)18-14-16(20(27)28)6-8-22-18/h2-9,14H,10-13H2,1H3,(H,27,28). The van der Waals surface area contributed by atoms with E-state index in [1.807, 2.05) is 0 Å². The third-order valence-electron chi connectivity index (χ3n) is 4.93. The van der Waals surface area contributed by atoms with Gasteiger partial charge in [-0.3, -0.25) is 4.98 Å². The van der Waals surface area contributed by atoms with Crippen molar-refractivity contribution >= 4 is 17.6 Å². The molecule has 1 aliphatic rings. The third kappa shape index (κ3) is 3.64. The molecule has 0 atom stereocenters. The van der Waals surface area contributed by atoms with E-state index in [9.17, 15) is 9.90 Å². The molecule has 3 heterocycles. The van der Waals surface area contributed by atoms with E-state index in [1.54, 1.807) is 12.3 Å². The molecule has 1 N–H and O–H groups in total. The zero-order valence-electron chi connectivity index (χ0n) is 15.6. The number of piperazine rings is 1. The molecule has 1 fully saturated rings. The average molecular weight is 375 g/mol. The zero-order chi connectivity index (χ0) is 19.5. The van der Waals surface area contributed by atoms with E-state index in [0.717, 1.165) is 26.2 Å². The van der Waals surface area contributed by atoms with Crippen molar-refractivity contribution in [1.29, 1.82) is 0 Å². The fourth-order valence-electron chi connectivity index (χ4n) is 3.41. The SMILES string of the molecule is Cc1ccccc1N1CCN(c2nccc(-c3cc(C(=O)O)ccn3)n2)CC1. The maximum Gasteiger partial charge on any atom is 0.335 e. The highest BCUT2D eigenvalue weighted by molar-refractivity contribution is 5.88. The number of hydrogen-bond acceptors (Lipinski definition) is 6. The van der Waals surface area contributed by atoms with Crippen LogP contribution < -0.4 is 9.80 Å². The van der Waals surface area contributed by atoms with Crippen molar-refractivity contribution in [2.24, 2.45) is 0 Å². The van der Waals surface area contributed by atoms with Crippen molar-refractivity contribution in [3.8, 4) is 11.4 Å². The molecule has 0 unspecified atom stereocenters. The summed E-state index contributed by atoms with van der Waals surface area (Å²) in [5.41, 5.74) is 3.89. The van der Waals surface area contributed by atoms with Gasteiger partial charge in [-0.2, -0.15) is 0 Å². The quantitative estimate of drug-likeness (QED) is 0.751. The number of nitrogens with zero attached hydrogens (tertiary/aromatic N) is 5. The second-order valence-electron chi connectivity index (χ2n) is 6.74. The molecule has 7 nitrogen and oxygen atoms in total. The van der Waals surface area contributed by atoms with Gasteiger partial charge < -0.3 is 14.9 Å². The average Bonchev–Trinajstić information content (AvgIpc) is 2.74. The van der Waals surface area contributed by atoms with Crippen LogP contribution in [0, 0.1) is 6.92 Å². The number of carbonyl (C=O) groups is 1. The van der Waals surface area contributed by atoms with Crippen molar-refractivity contribution < 1.29 is 9.90 Å². The molecule has 0 bridgehead atoms. The third-order valence-corrected chi connectivity index (χ3v) is 4.93. The van der Waals surface area contributed by atoms with E-state index in [0.29, 0.717) is 17.3 Å². The molecule has 1 aromatic carbocycles. The molecule has 0 saturated carbocycles. The number of para-hydroxylation sites is 1. The maximum absolute atomic E-state index is 11.2. The first-order valence-corrected chi connectivity index (χ1v) is 9.20. The van der Waals surface area contributed by atoms with Gasteiger partial charge in [-0.25, -0.2) is 14.8 Å². The Morgan fingerprint density at radius 1 is 0.929 bits per heavy atom. The lowest BCUT2D eigenvalue weighted by Gasteiger charge is -2.36. The van der Waals surface area contributed by atoms with Crippen LogP contribution in [-0.4, -0.2) is 52.2 Å². The van der Waals surface area contributed by atoms with Crippen molar-refractivity contribution in [3.05, 3.63) is 66.0 Å². The minimum atomic E-state index is -0.981. The van der Waals surface area contributed by atoms with Gasteiger partial charge in [0.15, 0.2) is 0 Å². The normalized spacial score (nSPS) is 14.2. The van der Waals surface area contributed by atoms with Gasteiger partial charge in [0.05, 0.1) is 17.0 Å². The van der Waals surface area contributed by atoms with Crippen LogP contribution in [0.5, 0.6) is 0 Å². The van der Waals surface area contributed by atoms with Gasteiger partial charge >= 0.3 is 5.97 Å². The summed E-state index contributed by atoms with van der Waals surface area (Å²) in [4.78, 5) is 29.0. The first-order valence-electron chi connectivity index (χ1n) is 9.20. The largest absolute Gasteiger partial charge is 0.478 e. The number of carboxylic acid groups (broad SMARTS) is 1. The number of rotatable bonds is 4. The zero-order valence-corrected chi connectivity index (χ0v) is 15.6. The predicted molar refractivity (Wildman–Crippen MR) is 108 cm³/mol. The summed E-state index contributed by atoms with van der Waals surface area (Å²) in [7, 11) is 0. The van der Waals surface area contributed by atoms with Crippen LogP contribution in [-0.2, 0) is 0 Å². The van der Waals surface area contributed by atoms with Crippen molar-refractivity contribution in [3.63, 3.8) is 0 Å². The van der Waals surface area contributed by atoms with Crippen LogP contribution in [0.2, 0.25) is 0 Å². The Hall–Kier alpha value is -3.48. The molecular weight excluding hydrogens is 354 g/mol. The first-order chi connectivity index (χ1) is 13.6. The molecule has 0 radical (unpaired) electrons. The van der Waals surface area contributed by atoms with Crippen LogP contribution >= 0.6 is 0 Å². The van der Waals surface area contributed by atoms with Crippen LogP contribution in [0.15, 0.2) is 54.9 Å². The Balaban J connectivity index is 1.51. The van der Waals surface area contributed by atoms with Gasteiger partial charge in [0.1, 0.15) is 0 Å². The van der Waals surface area contributed by atoms with E-state index >= 15 is 0 Å². The number of anilines is 2. The van der Waals surface area contributed by atoms with Gasteiger partial charge in [-0.15, -0.1) is 0 Å². The van der Waals surface area contributed by atoms with E-state index in [4.69, 9.17) is 0 Å². The van der Waals surface area contributed by atoms with Crippen LogP contribution in [0.1, 0.15) is 15.9 Å². The first kappa shape index (κ1) is 17.9. The highest BCUT2D eigenvalue weighted by Crippen LogP contribution is 2.23. The number of carboxylic acids is 1. The van der Waals surface area contributed by atoms with Crippen molar-refractivity contribution in [2.75, 3.05) is 36.0 Å². The maximum atomic E-state index is 11.2. The molecule has 0 amide bonds. The molecular formula is C21H21N5O2. The van der Waals surface area contributed by atoms with Crippen LogP contribution in [0.4, 0.5) is 11.6 Å². The van der Waals surface area contributed by atoms with Gasteiger partial charge in [-0.05, 0) is 36.8 Å². The van der Waals surface area contributed by atoms with Crippen LogP contribution in [0.3, 0.4) is 0 Å². The van der Waals surface area contributed by atoms with Crippen molar-refractivity contribution in [1.82, 2.24) is 15.0 Å². The molecule has 7 heteroatoms. The second kappa shape index (κ2) is 7.64. The second-order valence-corrected chi connectivity index (χ2v) is 6.74. The predicted octanol–water partition coefficient (Wildman–Crippen LogP) is 2.87. The number of pyridine rings is 1. The van der Waals surface area contributed by atoms with E-state index in [2.05, 4.69) is 55.9 Å². The molecule has 28 heavy (non-hydrogen) atoms. The topological polar surface area (TPSA) is 82.5 Å². The minimum Gasteiger partial charge on any atom is -0.478 e. The lowest BCUT2D eigenvalue weighted by molar-refractivity contribution is 0.0697. The van der Waals surface area contributed by atoms with Gasteiger partial charge in [-0.1, -0.05) is 18.2 Å². The summed E-state index contributed by atoms with van der Waals surface area (Å²) in [5.74, 6) is -0.338. The minimum absolute atomic E-state index is 0.192. The molecule has 0 aliphatic carbocycles. The van der Waals surface area contributed by atoms with E-state index in [-0.39, 0.29) is 5.56 Å². The Morgan fingerprint density at radius 2 is 1.64 bits per heavy atom. The Kier molecular flexibility index (Phi) is 4.89. The summed E-state index contributed by atoms with van der Waals surface area (Å²) in [6, 6.07) is 13.2. The van der Waals surface area contributed by atoms with Gasteiger partial charge in [0.25, 0.3) is 0 Å². The molecule has 0 spiro atoms. The van der Waals surface area contributed by atoms with Gasteiger partial charge in [0.2, 0.25) is 5.95 Å². The number of benzene rings is 1. The lowest BCUT2D eigenvalue weighted by Crippen LogP contribution is -2.47. The summed E-state index contributed by atoms with van der Waals surface area (Å²) < 4.78 is 0. The fraction of sp³-hybridized carbons (Fsp3) is 0.238. The van der Waals surface area contributed by atoms with E-state index < -0.39 is 5.97 Å². The summed E-state index contributed by atoms with van der Waals surface area (Å²) in [6.07, 6.45) is 3.18. The lowest BCUT2D eigenvalue weighted by atomic mass is 10.1. The highest BCUT2D eigenvalue weighted by Gasteiger charge is 2.20. The monoisotopic (exact) mass is 375 g/mol. The van der Waals surface area contributed by atoms with Gasteiger partial charge in [0, 0.05) is 44.3 Å². The Labute approximate surface area is 163 Å². The fourth-order valence-corrected chi connectivity index (χ4v) is 3.41. The number of aromatic nitrogens is 3. The number of aromatic carboxylic acids is 1. The summed E-state index contributed by atoms with van der Waals surface area (Å²) in [6.45, 7) is 5.56. The van der Waals surface area contributed by atoms with E-state index in [1.165, 1.54) is 29.6 Å². The molecule has 4 rings (SSSR count). The summed E-state index contributed by atoms with van der Waals surface area (Å²) in [5, 5.41) is 9.18. The van der Waals surface area contributed by atoms with Crippen LogP contribution in [0.25, 0.3) is 11.4 Å². The molecule has 3 aromatic rings. The highest BCUT2D eigenvalue weighted by atomic mass is 16.4. The summed E-state index contributed by atoms with van der Waals surface area (Å²) >= 11 is 0. The molecule has 142 valence electrons. The smallest absolute Gasteiger partial charge is 0.335 e. The molecule has 1 saturated heterocycles. The molecule has 1 aliphatic heterocycles. The Bertz CT molecular complexity index is 999. The Morgan fingerprint density at radius 3 is 2.39 bits per heavy atom. The van der Waals surface area contributed by atoms with Crippen molar-refractivity contribution in [2.45, 2.75) is 6.92 Å². The molecule has 2 aromatic heterocycles.